The highest BCUT2D eigenvalue weighted by Crippen LogP contribution is 2.29. The third-order valence-electron chi connectivity index (χ3n) is 4.11. The van der Waals surface area contributed by atoms with Crippen molar-refractivity contribution in [1.82, 2.24) is 5.32 Å². The van der Waals surface area contributed by atoms with Crippen LogP contribution < -0.4 is 15.8 Å². The van der Waals surface area contributed by atoms with Gasteiger partial charge in [0.05, 0.1) is 0 Å². The van der Waals surface area contributed by atoms with Crippen LogP contribution in [0, 0.1) is 11.8 Å². The van der Waals surface area contributed by atoms with Gasteiger partial charge < -0.3 is 20.9 Å². The number of hydrogen-bond acceptors (Lipinski definition) is 4. The van der Waals surface area contributed by atoms with E-state index in [1.165, 1.54) is 12.8 Å². The van der Waals surface area contributed by atoms with Gasteiger partial charge in [-0.15, -0.1) is 0 Å². The number of aliphatic hydroxyl groups is 1. The molecule has 1 aromatic rings. The Morgan fingerprint density at radius 3 is 2.57 bits per heavy atom. The van der Waals surface area contributed by atoms with Gasteiger partial charge in [-0.2, -0.15) is 0 Å². The lowest BCUT2D eigenvalue weighted by Gasteiger charge is -2.30. The van der Waals surface area contributed by atoms with Gasteiger partial charge in [-0.1, -0.05) is 12.8 Å². The number of hydrogen-bond donors (Lipinski definition) is 3. The standard InChI is InChI=1S/C16H24N2O3/c17-14-5-7-15(8-6-14)21-11-16(20)18-9-12-3-1-2-4-13(12)10-19/h5-8,12-13,19H,1-4,9-11,17H2,(H,18,20). The van der Waals surface area contributed by atoms with Crippen molar-refractivity contribution in [3.05, 3.63) is 24.3 Å². The third-order valence-corrected chi connectivity index (χ3v) is 4.11. The molecule has 116 valence electrons. The Bertz CT molecular complexity index is 447. The molecule has 5 heteroatoms. The number of nitrogen functional groups attached to an aromatic ring is 1. The van der Waals surface area contributed by atoms with E-state index in [1.807, 2.05) is 0 Å². The molecule has 4 N–H and O–H groups in total. The average molecular weight is 292 g/mol. The first kappa shape index (κ1) is 15.6. The van der Waals surface area contributed by atoms with Crippen molar-refractivity contribution >= 4 is 11.6 Å². The average Bonchev–Trinajstić information content (AvgIpc) is 2.52. The van der Waals surface area contributed by atoms with E-state index < -0.39 is 0 Å². The van der Waals surface area contributed by atoms with Crippen molar-refractivity contribution in [2.75, 3.05) is 25.5 Å². The number of aliphatic hydroxyl groups excluding tert-OH is 1. The molecular weight excluding hydrogens is 268 g/mol. The number of benzene rings is 1. The lowest BCUT2D eigenvalue weighted by molar-refractivity contribution is -0.123. The van der Waals surface area contributed by atoms with Gasteiger partial charge in [-0.25, -0.2) is 0 Å². The number of nitrogens with one attached hydrogen (secondary N) is 1. The fourth-order valence-electron chi connectivity index (χ4n) is 2.80. The summed E-state index contributed by atoms with van der Waals surface area (Å²) in [6.45, 7) is 0.831. The molecule has 1 aliphatic rings. The molecule has 1 amide bonds. The first-order chi connectivity index (χ1) is 10.2. The molecule has 1 aromatic carbocycles. The quantitative estimate of drug-likeness (QED) is 0.695. The van der Waals surface area contributed by atoms with Crippen molar-refractivity contribution < 1.29 is 14.6 Å². The van der Waals surface area contributed by atoms with Gasteiger partial charge in [0.15, 0.2) is 6.61 Å². The number of amides is 1. The Morgan fingerprint density at radius 2 is 1.90 bits per heavy atom. The molecule has 21 heavy (non-hydrogen) atoms. The molecule has 0 heterocycles. The van der Waals surface area contributed by atoms with E-state index in [9.17, 15) is 9.90 Å². The highest BCUT2D eigenvalue weighted by Gasteiger charge is 2.24. The number of carbonyl (C=O) groups is 1. The number of anilines is 1. The molecule has 2 unspecified atom stereocenters. The normalized spacial score (nSPS) is 21.8. The van der Waals surface area contributed by atoms with E-state index in [-0.39, 0.29) is 19.1 Å². The second-order valence-electron chi connectivity index (χ2n) is 5.65. The summed E-state index contributed by atoms with van der Waals surface area (Å²) in [5, 5.41) is 12.3. The minimum Gasteiger partial charge on any atom is -0.484 e. The van der Waals surface area contributed by atoms with Crippen LogP contribution in [0.3, 0.4) is 0 Å². The largest absolute Gasteiger partial charge is 0.484 e. The van der Waals surface area contributed by atoms with E-state index in [0.717, 1.165) is 12.8 Å². The minimum atomic E-state index is -0.130. The van der Waals surface area contributed by atoms with Crippen LogP contribution in [0.2, 0.25) is 0 Å². The summed E-state index contributed by atoms with van der Waals surface area (Å²) < 4.78 is 5.40. The highest BCUT2D eigenvalue weighted by molar-refractivity contribution is 5.77. The van der Waals surface area contributed by atoms with E-state index in [1.54, 1.807) is 24.3 Å². The zero-order valence-corrected chi connectivity index (χ0v) is 12.3. The SMILES string of the molecule is Nc1ccc(OCC(=O)NCC2CCCCC2CO)cc1. The van der Waals surface area contributed by atoms with Gasteiger partial charge in [0.2, 0.25) is 0 Å². The molecule has 0 spiro atoms. The predicted octanol–water partition coefficient (Wildman–Crippen LogP) is 1.56. The first-order valence-corrected chi connectivity index (χ1v) is 7.55. The summed E-state index contributed by atoms with van der Waals surface area (Å²) in [5.41, 5.74) is 6.25. The summed E-state index contributed by atoms with van der Waals surface area (Å²) >= 11 is 0. The summed E-state index contributed by atoms with van der Waals surface area (Å²) in [6.07, 6.45) is 4.48. The highest BCUT2D eigenvalue weighted by atomic mass is 16.5. The Balaban J connectivity index is 1.70. The van der Waals surface area contributed by atoms with Gasteiger partial charge in [0.1, 0.15) is 5.75 Å². The fourth-order valence-corrected chi connectivity index (χ4v) is 2.80. The number of rotatable bonds is 6. The lowest BCUT2D eigenvalue weighted by atomic mass is 9.79. The topological polar surface area (TPSA) is 84.6 Å². The third kappa shape index (κ3) is 4.93. The molecule has 1 saturated carbocycles. The van der Waals surface area contributed by atoms with Crippen LogP contribution in [-0.4, -0.2) is 30.8 Å². The Labute approximate surface area is 125 Å². The molecule has 0 bridgehead atoms. The summed E-state index contributed by atoms with van der Waals surface area (Å²) in [5.74, 6) is 1.20. The molecular formula is C16H24N2O3. The van der Waals surface area contributed by atoms with Crippen LogP contribution in [0.4, 0.5) is 5.69 Å². The van der Waals surface area contributed by atoms with E-state index in [4.69, 9.17) is 10.5 Å². The van der Waals surface area contributed by atoms with Crippen molar-refractivity contribution in [2.24, 2.45) is 11.8 Å². The monoisotopic (exact) mass is 292 g/mol. The van der Waals surface area contributed by atoms with Crippen LogP contribution >= 0.6 is 0 Å². The van der Waals surface area contributed by atoms with Gasteiger partial charge in [-0.3, -0.25) is 4.79 Å². The van der Waals surface area contributed by atoms with Gasteiger partial charge in [0, 0.05) is 18.8 Å². The fraction of sp³-hybridized carbons (Fsp3) is 0.562. The maximum Gasteiger partial charge on any atom is 0.257 e. The predicted molar refractivity (Wildman–Crippen MR) is 81.9 cm³/mol. The van der Waals surface area contributed by atoms with Gasteiger partial charge in [-0.05, 0) is 48.9 Å². The molecule has 0 aromatic heterocycles. The van der Waals surface area contributed by atoms with E-state index in [0.29, 0.717) is 29.8 Å². The zero-order valence-electron chi connectivity index (χ0n) is 12.3. The Kier molecular flexibility index (Phi) is 5.87. The van der Waals surface area contributed by atoms with E-state index >= 15 is 0 Å². The first-order valence-electron chi connectivity index (χ1n) is 7.55. The molecule has 2 atom stereocenters. The molecule has 0 saturated heterocycles. The van der Waals surface area contributed by atoms with Crippen molar-refractivity contribution in [2.45, 2.75) is 25.7 Å². The summed E-state index contributed by atoms with van der Waals surface area (Å²) in [6, 6.07) is 6.96. The van der Waals surface area contributed by atoms with Crippen LogP contribution in [0.15, 0.2) is 24.3 Å². The van der Waals surface area contributed by atoms with Crippen LogP contribution in [0.25, 0.3) is 0 Å². The molecule has 0 aliphatic heterocycles. The van der Waals surface area contributed by atoms with Gasteiger partial charge >= 0.3 is 0 Å². The molecule has 0 radical (unpaired) electrons. The minimum absolute atomic E-state index is 0.000426. The Hall–Kier alpha value is -1.75. The maximum atomic E-state index is 11.8. The van der Waals surface area contributed by atoms with Crippen molar-refractivity contribution in [3.8, 4) is 5.75 Å². The van der Waals surface area contributed by atoms with E-state index in [2.05, 4.69) is 5.32 Å². The van der Waals surface area contributed by atoms with Gasteiger partial charge in [0.25, 0.3) is 5.91 Å². The summed E-state index contributed by atoms with van der Waals surface area (Å²) in [4.78, 5) is 11.8. The molecule has 1 aliphatic carbocycles. The summed E-state index contributed by atoms with van der Waals surface area (Å²) in [7, 11) is 0. The van der Waals surface area contributed by atoms with Crippen LogP contribution in [0.1, 0.15) is 25.7 Å². The molecule has 2 rings (SSSR count). The maximum absolute atomic E-state index is 11.8. The second kappa shape index (κ2) is 7.88. The van der Waals surface area contributed by atoms with Crippen molar-refractivity contribution in [1.29, 1.82) is 0 Å². The number of carbonyl (C=O) groups excluding carboxylic acids is 1. The van der Waals surface area contributed by atoms with Crippen LogP contribution in [-0.2, 0) is 4.79 Å². The van der Waals surface area contributed by atoms with Crippen LogP contribution in [0.5, 0.6) is 5.75 Å². The number of nitrogens with two attached hydrogens (primary N) is 1. The molecule has 5 nitrogen and oxygen atoms in total. The lowest BCUT2D eigenvalue weighted by Crippen LogP contribution is -2.37. The Morgan fingerprint density at radius 1 is 1.24 bits per heavy atom. The smallest absolute Gasteiger partial charge is 0.257 e. The van der Waals surface area contributed by atoms with Crippen molar-refractivity contribution in [3.63, 3.8) is 0 Å². The number of ether oxygens (including phenoxy) is 1. The molecule has 1 fully saturated rings. The second-order valence-corrected chi connectivity index (χ2v) is 5.65. The zero-order chi connectivity index (χ0) is 15.1.